The lowest BCUT2D eigenvalue weighted by atomic mass is 9.88. The Bertz CT molecular complexity index is 680. The average Bonchev–Trinajstić information content (AvgIpc) is 2.54. The Balaban J connectivity index is 0.00000144. The Morgan fingerprint density at radius 2 is 1.91 bits per heavy atom. The van der Waals surface area contributed by atoms with Crippen LogP contribution < -0.4 is 4.84 Å². The maximum atomic E-state index is 5.71. The van der Waals surface area contributed by atoms with Crippen molar-refractivity contribution in [2.24, 2.45) is 11.1 Å². The van der Waals surface area contributed by atoms with E-state index in [1.165, 1.54) is 42.4 Å². The van der Waals surface area contributed by atoms with Crippen molar-refractivity contribution in [2.45, 2.75) is 26.7 Å². The monoisotopic (exact) mass is 296 g/mol. The first kappa shape index (κ1) is 15.0. The van der Waals surface area contributed by atoms with Crippen molar-refractivity contribution < 1.29 is 4.84 Å². The summed E-state index contributed by atoms with van der Waals surface area (Å²) in [6, 6.07) is 14.5. The van der Waals surface area contributed by atoms with E-state index in [-0.39, 0.29) is 7.43 Å². The number of hydrogen-bond donors (Lipinski definition) is 0. The highest BCUT2D eigenvalue weighted by atomic mass is 16.6. The van der Waals surface area contributed by atoms with Crippen LogP contribution in [-0.2, 0) is 0 Å². The summed E-state index contributed by atoms with van der Waals surface area (Å²) in [6.45, 7) is 3.56. The minimum absolute atomic E-state index is 0. The minimum Gasteiger partial charge on any atom is -0.357 e. The molecule has 22 heavy (non-hydrogen) atoms. The predicted octanol–water partition coefficient (Wildman–Crippen LogP) is 4.33. The summed E-state index contributed by atoms with van der Waals surface area (Å²) in [5.74, 6) is 1.44. The van der Waals surface area contributed by atoms with Crippen LogP contribution in [0.2, 0.25) is 0 Å². The molecular formula is C19H24N2O. The molecule has 2 aliphatic rings. The normalized spacial score (nSPS) is 25.7. The second-order valence-electron chi connectivity index (χ2n) is 6.07. The van der Waals surface area contributed by atoms with Crippen molar-refractivity contribution in [1.82, 2.24) is 4.90 Å². The molecule has 0 radical (unpaired) electrons. The van der Waals surface area contributed by atoms with E-state index in [1.807, 2.05) is 6.07 Å². The molecule has 2 aromatic carbocycles. The maximum absolute atomic E-state index is 5.71. The lowest BCUT2D eigenvalue weighted by molar-refractivity contribution is 0.184. The zero-order valence-corrected chi connectivity index (χ0v) is 12.2. The molecule has 2 heterocycles. The molecule has 2 bridgehead atoms. The van der Waals surface area contributed by atoms with Gasteiger partial charge in [0.25, 0.3) is 0 Å². The highest BCUT2D eigenvalue weighted by molar-refractivity contribution is 5.88. The number of hydrogen-bond acceptors (Lipinski definition) is 3. The molecular weight excluding hydrogens is 272 g/mol. The lowest BCUT2D eigenvalue weighted by Crippen LogP contribution is -2.45. The maximum Gasteiger partial charge on any atom is 0.158 e. The molecule has 2 unspecified atom stereocenters. The molecule has 2 aromatic rings. The summed E-state index contributed by atoms with van der Waals surface area (Å²) in [5, 5.41) is 6.90. The van der Waals surface area contributed by atoms with Gasteiger partial charge in [-0.15, -0.1) is 0 Å². The van der Waals surface area contributed by atoms with Crippen LogP contribution in [0.25, 0.3) is 10.8 Å². The molecule has 3 nitrogen and oxygen atoms in total. The molecule has 116 valence electrons. The Morgan fingerprint density at radius 1 is 1.05 bits per heavy atom. The molecule has 0 aliphatic carbocycles. The van der Waals surface area contributed by atoms with E-state index >= 15 is 0 Å². The summed E-state index contributed by atoms with van der Waals surface area (Å²) < 4.78 is 0. The molecule has 4 rings (SSSR count). The molecule has 0 saturated carbocycles. The molecule has 0 N–H and O–H groups in total. The van der Waals surface area contributed by atoms with Gasteiger partial charge in [0.15, 0.2) is 5.75 Å². The van der Waals surface area contributed by atoms with E-state index in [4.69, 9.17) is 4.84 Å². The lowest BCUT2D eigenvalue weighted by Gasteiger charge is -2.37. The zero-order chi connectivity index (χ0) is 14.1. The second kappa shape index (κ2) is 6.49. The van der Waals surface area contributed by atoms with E-state index in [1.54, 1.807) is 0 Å². The van der Waals surface area contributed by atoms with Crippen LogP contribution in [0.5, 0.6) is 5.75 Å². The number of nitrogens with zero attached hydrogens (tertiary/aromatic N) is 2. The van der Waals surface area contributed by atoms with Gasteiger partial charge in [-0.05, 0) is 42.3 Å². The fourth-order valence-corrected chi connectivity index (χ4v) is 3.46. The van der Waals surface area contributed by atoms with Gasteiger partial charge in [0.05, 0.1) is 5.71 Å². The van der Waals surface area contributed by atoms with Gasteiger partial charge in [-0.25, -0.2) is 0 Å². The van der Waals surface area contributed by atoms with Crippen molar-refractivity contribution in [1.29, 1.82) is 0 Å². The van der Waals surface area contributed by atoms with Crippen molar-refractivity contribution in [3.63, 3.8) is 0 Å². The van der Waals surface area contributed by atoms with Gasteiger partial charge in [-0.1, -0.05) is 42.9 Å². The quantitative estimate of drug-likeness (QED) is 0.771. The molecule has 2 atom stereocenters. The number of fused-ring (bicyclic) bond motifs is 3. The SMILES string of the molecule is C.c1ccc2cc(ON=C3CCN4CCCC3C4)ccc2c1. The summed E-state index contributed by atoms with van der Waals surface area (Å²) in [7, 11) is 0. The third kappa shape index (κ3) is 3.00. The highest BCUT2D eigenvalue weighted by Crippen LogP contribution is 2.25. The molecule has 3 heteroatoms. The van der Waals surface area contributed by atoms with Crippen molar-refractivity contribution in [3.05, 3.63) is 42.5 Å². The Morgan fingerprint density at radius 3 is 2.82 bits per heavy atom. The van der Waals surface area contributed by atoms with E-state index in [2.05, 4.69) is 46.5 Å². The average molecular weight is 296 g/mol. The number of rotatable bonds is 2. The van der Waals surface area contributed by atoms with Crippen LogP contribution in [0.3, 0.4) is 0 Å². The summed E-state index contributed by atoms with van der Waals surface area (Å²) in [4.78, 5) is 8.26. The third-order valence-corrected chi connectivity index (χ3v) is 4.65. The predicted molar refractivity (Wildman–Crippen MR) is 92.5 cm³/mol. The zero-order valence-electron chi connectivity index (χ0n) is 12.2. The molecule has 2 aliphatic heterocycles. The molecule has 2 fully saturated rings. The van der Waals surface area contributed by atoms with Gasteiger partial charge in [0.2, 0.25) is 0 Å². The highest BCUT2D eigenvalue weighted by Gasteiger charge is 2.29. The fraction of sp³-hybridized carbons (Fsp3) is 0.421. The van der Waals surface area contributed by atoms with Gasteiger partial charge in [-0.3, -0.25) is 0 Å². The van der Waals surface area contributed by atoms with Gasteiger partial charge in [0.1, 0.15) is 0 Å². The Labute approximate surface area is 132 Å². The first-order chi connectivity index (χ1) is 10.4. The van der Waals surface area contributed by atoms with Gasteiger partial charge in [-0.2, -0.15) is 0 Å². The van der Waals surface area contributed by atoms with E-state index in [0.717, 1.165) is 18.7 Å². The third-order valence-electron chi connectivity index (χ3n) is 4.65. The van der Waals surface area contributed by atoms with Crippen LogP contribution in [0.4, 0.5) is 0 Å². The van der Waals surface area contributed by atoms with Crippen molar-refractivity contribution >= 4 is 16.5 Å². The molecule has 0 spiro atoms. The summed E-state index contributed by atoms with van der Waals surface area (Å²) in [6.07, 6.45) is 3.61. The van der Waals surface area contributed by atoms with E-state index in [0.29, 0.717) is 5.92 Å². The van der Waals surface area contributed by atoms with Crippen molar-refractivity contribution in [2.75, 3.05) is 19.6 Å². The standard InChI is InChI=1S/C18H20N2O.CH4/c1-2-5-15-12-17(8-7-14(15)4-1)21-19-18-9-11-20-10-3-6-16(18)13-20;/h1-2,4-5,7-8,12,16H,3,6,9-11,13H2;1H4. The van der Waals surface area contributed by atoms with Crippen LogP contribution in [0.1, 0.15) is 26.7 Å². The molecule has 0 amide bonds. The summed E-state index contributed by atoms with van der Waals surface area (Å²) >= 11 is 0. The van der Waals surface area contributed by atoms with Gasteiger partial charge in [0, 0.05) is 25.4 Å². The fourth-order valence-electron chi connectivity index (χ4n) is 3.46. The number of oxime groups is 1. The first-order valence-electron chi connectivity index (χ1n) is 7.83. The Kier molecular flexibility index (Phi) is 4.44. The first-order valence-corrected chi connectivity index (χ1v) is 7.83. The topological polar surface area (TPSA) is 24.8 Å². The molecule has 0 aromatic heterocycles. The minimum atomic E-state index is 0. The Hall–Kier alpha value is -1.87. The smallest absolute Gasteiger partial charge is 0.158 e. The van der Waals surface area contributed by atoms with E-state index < -0.39 is 0 Å². The second-order valence-corrected chi connectivity index (χ2v) is 6.07. The number of benzene rings is 2. The molecule has 2 saturated heterocycles. The van der Waals surface area contributed by atoms with Crippen molar-refractivity contribution in [3.8, 4) is 5.75 Å². The van der Waals surface area contributed by atoms with E-state index in [9.17, 15) is 0 Å². The van der Waals surface area contributed by atoms with Crippen LogP contribution >= 0.6 is 0 Å². The van der Waals surface area contributed by atoms with Gasteiger partial charge < -0.3 is 9.74 Å². The van der Waals surface area contributed by atoms with Crippen LogP contribution in [-0.4, -0.2) is 30.2 Å². The number of piperidine rings is 2. The summed E-state index contributed by atoms with van der Waals surface area (Å²) in [5.41, 5.74) is 1.25. The largest absolute Gasteiger partial charge is 0.357 e. The van der Waals surface area contributed by atoms with Gasteiger partial charge >= 0.3 is 0 Å². The van der Waals surface area contributed by atoms with Crippen LogP contribution in [0, 0.1) is 5.92 Å². The van der Waals surface area contributed by atoms with Crippen LogP contribution in [0.15, 0.2) is 47.6 Å².